The van der Waals surface area contributed by atoms with Gasteiger partial charge in [0.05, 0.1) is 12.9 Å². The first-order valence-electron chi connectivity index (χ1n) is 8.00. The van der Waals surface area contributed by atoms with Crippen LogP contribution in [0, 0.1) is 5.41 Å². The summed E-state index contributed by atoms with van der Waals surface area (Å²) in [4.78, 5) is 12.1. The zero-order valence-electron chi connectivity index (χ0n) is 13.5. The Balaban J connectivity index is 1.63. The van der Waals surface area contributed by atoms with Crippen molar-refractivity contribution in [3.63, 3.8) is 0 Å². The first-order valence-corrected chi connectivity index (χ1v) is 8.98. The van der Waals surface area contributed by atoms with Gasteiger partial charge in [-0.05, 0) is 11.1 Å². The zero-order valence-corrected chi connectivity index (χ0v) is 14.3. The minimum atomic E-state index is 0.221. The van der Waals surface area contributed by atoms with Crippen molar-refractivity contribution in [2.75, 3.05) is 0 Å². The van der Waals surface area contributed by atoms with Crippen LogP contribution in [0.3, 0.4) is 0 Å². The molecule has 0 amide bonds. The van der Waals surface area contributed by atoms with Crippen LogP contribution in [0.4, 0.5) is 0 Å². The van der Waals surface area contributed by atoms with Gasteiger partial charge >= 0.3 is 0 Å². The van der Waals surface area contributed by atoms with Crippen molar-refractivity contribution in [3.8, 4) is 0 Å². The van der Waals surface area contributed by atoms with Gasteiger partial charge in [-0.1, -0.05) is 72.4 Å². The summed E-state index contributed by atoms with van der Waals surface area (Å²) in [5, 5.41) is 8.85. The minimum Gasteiger partial charge on any atom is -0.328 e. The lowest BCUT2D eigenvalue weighted by Gasteiger charge is -2.06. The molecule has 124 valence electrons. The van der Waals surface area contributed by atoms with E-state index in [0.29, 0.717) is 12.1 Å². The number of aromatic nitrogens is 4. The van der Waals surface area contributed by atoms with Crippen LogP contribution in [0.15, 0.2) is 72.1 Å². The molecule has 4 aromatic rings. The third-order valence-electron chi connectivity index (χ3n) is 3.91. The van der Waals surface area contributed by atoms with Crippen molar-refractivity contribution in [1.29, 1.82) is 5.41 Å². The van der Waals surface area contributed by atoms with Gasteiger partial charge < -0.3 is 9.55 Å². The number of nitrogens with one attached hydrogen (secondary N) is 2. The number of thioether (sulfide) groups is 1. The van der Waals surface area contributed by atoms with Gasteiger partial charge in [-0.3, -0.25) is 5.41 Å². The van der Waals surface area contributed by atoms with Crippen LogP contribution in [0.1, 0.15) is 11.1 Å². The van der Waals surface area contributed by atoms with Gasteiger partial charge in [-0.2, -0.15) is 0 Å². The van der Waals surface area contributed by atoms with Crippen molar-refractivity contribution in [1.82, 2.24) is 19.5 Å². The van der Waals surface area contributed by atoms with Gasteiger partial charge in [0.1, 0.15) is 5.52 Å². The van der Waals surface area contributed by atoms with Gasteiger partial charge in [0.15, 0.2) is 16.3 Å². The van der Waals surface area contributed by atoms with Gasteiger partial charge in [-0.15, -0.1) is 0 Å². The van der Waals surface area contributed by atoms with E-state index in [9.17, 15) is 0 Å². The Morgan fingerprint density at radius 2 is 1.64 bits per heavy atom. The fraction of sp³-hybridized carbons (Fsp3) is 0.105. The third kappa shape index (κ3) is 3.49. The summed E-state index contributed by atoms with van der Waals surface area (Å²) >= 11 is 1.63. The van der Waals surface area contributed by atoms with Crippen LogP contribution in [0.2, 0.25) is 0 Å². The van der Waals surface area contributed by atoms with E-state index in [-0.39, 0.29) is 5.49 Å². The number of benzene rings is 2. The Kier molecular flexibility index (Phi) is 4.35. The molecule has 0 radical (unpaired) electrons. The molecule has 4 rings (SSSR count). The summed E-state index contributed by atoms with van der Waals surface area (Å²) in [7, 11) is 0. The number of hydrogen-bond donors (Lipinski definition) is 2. The Morgan fingerprint density at radius 3 is 2.36 bits per heavy atom. The van der Waals surface area contributed by atoms with Gasteiger partial charge in [0.2, 0.25) is 0 Å². The molecule has 2 N–H and O–H groups in total. The predicted molar refractivity (Wildman–Crippen MR) is 99.3 cm³/mol. The molecule has 2 aromatic carbocycles. The Bertz CT molecular complexity index is 1040. The molecule has 0 unspecified atom stereocenters. The average Bonchev–Trinajstić information content (AvgIpc) is 3.10. The zero-order chi connectivity index (χ0) is 17.1. The lowest BCUT2D eigenvalue weighted by molar-refractivity contribution is 0.782. The number of hydrogen-bond acceptors (Lipinski definition) is 4. The topological polar surface area (TPSA) is 70.3 Å². The molecule has 25 heavy (non-hydrogen) atoms. The maximum atomic E-state index is 8.04. The smallest absolute Gasteiger partial charge is 0.173 e. The second-order valence-corrected chi connectivity index (χ2v) is 6.69. The lowest BCUT2D eigenvalue weighted by atomic mass is 10.2. The molecule has 0 saturated heterocycles. The van der Waals surface area contributed by atoms with E-state index in [1.165, 1.54) is 11.1 Å². The number of rotatable bonds is 5. The van der Waals surface area contributed by atoms with Crippen LogP contribution in [-0.2, 0) is 12.3 Å². The van der Waals surface area contributed by atoms with Crippen LogP contribution >= 0.6 is 11.8 Å². The molecule has 0 fully saturated rings. The van der Waals surface area contributed by atoms with E-state index in [2.05, 4.69) is 34.2 Å². The second kappa shape index (κ2) is 6.94. The molecule has 0 aliphatic carbocycles. The molecule has 2 aromatic heterocycles. The van der Waals surface area contributed by atoms with E-state index in [1.807, 2.05) is 41.0 Å². The number of imidazole rings is 1. The number of aromatic amines is 1. The Morgan fingerprint density at radius 1 is 0.960 bits per heavy atom. The van der Waals surface area contributed by atoms with Gasteiger partial charge in [-0.25, -0.2) is 9.97 Å². The summed E-state index contributed by atoms with van der Waals surface area (Å²) in [6.07, 6.45) is 1.68. The number of fused-ring (bicyclic) bond motifs is 1. The van der Waals surface area contributed by atoms with Gasteiger partial charge in [0, 0.05) is 5.75 Å². The van der Waals surface area contributed by atoms with Crippen LogP contribution in [0.5, 0.6) is 0 Å². The summed E-state index contributed by atoms with van der Waals surface area (Å²) in [5.74, 6) is 0.833. The maximum absolute atomic E-state index is 8.04. The molecular formula is C19H17N5S. The lowest BCUT2D eigenvalue weighted by Crippen LogP contribution is -2.13. The molecule has 0 aliphatic rings. The van der Waals surface area contributed by atoms with Crippen LogP contribution < -0.4 is 5.49 Å². The first-order chi connectivity index (χ1) is 12.3. The van der Waals surface area contributed by atoms with E-state index in [1.54, 1.807) is 18.1 Å². The highest BCUT2D eigenvalue weighted by molar-refractivity contribution is 7.98. The molecule has 5 nitrogen and oxygen atoms in total. The van der Waals surface area contributed by atoms with Crippen molar-refractivity contribution in [2.45, 2.75) is 17.5 Å². The van der Waals surface area contributed by atoms with Crippen molar-refractivity contribution in [3.05, 3.63) is 83.6 Å². The van der Waals surface area contributed by atoms with Crippen LogP contribution in [0.25, 0.3) is 11.2 Å². The summed E-state index contributed by atoms with van der Waals surface area (Å²) < 4.78 is 1.98. The molecule has 6 heteroatoms. The van der Waals surface area contributed by atoms with E-state index < -0.39 is 0 Å². The van der Waals surface area contributed by atoms with Crippen molar-refractivity contribution < 1.29 is 0 Å². The van der Waals surface area contributed by atoms with E-state index >= 15 is 0 Å². The van der Waals surface area contributed by atoms with Crippen molar-refractivity contribution in [2.24, 2.45) is 0 Å². The quantitative estimate of drug-likeness (QED) is 0.542. The minimum absolute atomic E-state index is 0.221. The van der Waals surface area contributed by atoms with Crippen LogP contribution in [-0.4, -0.2) is 19.5 Å². The molecular weight excluding hydrogens is 330 g/mol. The molecule has 2 heterocycles. The highest BCUT2D eigenvalue weighted by Gasteiger charge is 2.10. The molecule has 0 aliphatic heterocycles. The van der Waals surface area contributed by atoms with Crippen molar-refractivity contribution >= 4 is 22.9 Å². The highest BCUT2D eigenvalue weighted by Crippen LogP contribution is 2.22. The van der Waals surface area contributed by atoms with E-state index in [0.717, 1.165) is 16.6 Å². The first kappa shape index (κ1) is 15.7. The molecule has 0 bridgehead atoms. The number of H-pyrrole nitrogens is 1. The predicted octanol–water partition coefficient (Wildman–Crippen LogP) is 3.58. The summed E-state index contributed by atoms with van der Waals surface area (Å²) in [5.41, 5.74) is 4.08. The van der Waals surface area contributed by atoms with E-state index in [4.69, 9.17) is 10.4 Å². The molecule has 0 spiro atoms. The third-order valence-corrected chi connectivity index (χ3v) is 4.86. The fourth-order valence-electron chi connectivity index (χ4n) is 2.65. The Hall–Kier alpha value is -2.86. The molecule has 0 atom stereocenters. The highest BCUT2D eigenvalue weighted by atomic mass is 32.2. The summed E-state index contributed by atoms with van der Waals surface area (Å²) in [6.45, 7) is 0.679. The second-order valence-electron chi connectivity index (χ2n) is 5.72. The van der Waals surface area contributed by atoms with Gasteiger partial charge in [0.25, 0.3) is 0 Å². The SMILES string of the molecule is N=c1ncn(Cc2ccccc2)c2nc(SCc3ccccc3)[nH]c12. The summed E-state index contributed by atoms with van der Waals surface area (Å²) in [6, 6.07) is 20.5. The largest absolute Gasteiger partial charge is 0.328 e. The monoisotopic (exact) mass is 347 g/mol. The fourth-order valence-corrected chi connectivity index (χ4v) is 3.47. The Labute approximate surface area is 149 Å². The standard InChI is InChI=1S/C19H17N5S/c20-17-16-18(24(13-21-17)11-14-7-3-1-4-8-14)23-19(22-16)25-12-15-9-5-2-6-10-15/h1-10,13,20H,11-12H2,(H,22,23). The average molecular weight is 347 g/mol. The molecule has 0 saturated carbocycles. The maximum Gasteiger partial charge on any atom is 0.173 e. The number of nitrogens with zero attached hydrogens (tertiary/aromatic N) is 3. The normalized spacial score (nSPS) is 11.0.